The van der Waals surface area contributed by atoms with Gasteiger partial charge in [-0.05, 0) is 11.1 Å². The Kier molecular flexibility index (Phi) is 1.66. The van der Waals surface area contributed by atoms with Gasteiger partial charge in [-0.25, -0.2) is 0 Å². The molecular weight excluding hydrogens is 168 g/mol. The minimum Gasteiger partial charge on any atom is -0.0761 e. The molecule has 0 fully saturated rings. The van der Waals surface area contributed by atoms with Gasteiger partial charge in [0, 0.05) is 11.8 Å². The third-order valence-corrected chi connectivity index (χ3v) is 3.06. The first-order valence-electron chi connectivity index (χ1n) is 5.07. The van der Waals surface area contributed by atoms with Crippen LogP contribution in [0.25, 0.3) is 0 Å². The number of rotatable bonds is 0. The normalized spacial score (nSPS) is 32.0. The second-order valence-corrected chi connectivity index (χ2v) is 3.87. The van der Waals surface area contributed by atoms with Crippen LogP contribution in [-0.2, 0) is 0 Å². The van der Waals surface area contributed by atoms with Gasteiger partial charge in [-0.1, -0.05) is 60.8 Å². The lowest BCUT2D eigenvalue weighted by atomic mass is 9.74. The molecule has 0 nitrogen and oxygen atoms in total. The highest BCUT2D eigenvalue weighted by molar-refractivity contribution is 5.48. The molecule has 3 aliphatic carbocycles. The summed E-state index contributed by atoms with van der Waals surface area (Å²) in [7, 11) is 0. The summed E-state index contributed by atoms with van der Waals surface area (Å²) in [5.41, 5.74) is 2.86. The zero-order valence-electron chi connectivity index (χ0n) is 7.93. The van der Waals surface area contributed by atoms with E-state index in [2.05, 4.69) is 60.8 Å². The molecule has 0 saturated carbocycles. The van der Waals surface area contributed by atoms with E-state index in [1.807, 2.05) is 0 Å². The van der Waals surface area contributed by atoms with E-state index < -0.39 is 0 Å². The first kappa shape index (κ1) is 7.81. The van der Waals surface area contributed by atoms with Crippen molar-refractivity contribution in [3.63, 3.8) is 0 Å². The molecule has 0 radical (unpaired) electrons. The maximum absolute atomic E-state index is 2.30. The third-order valence-electron chi connectivity index (χ3n) is 3.06. The molecule has 68 valence electrons. The van der Waals surface area contributed by atoms with Gasteiger partial charge in [0.15, 0.2) is 0 Å². The molecule has 3 aliphatic rings. The Morgan fingerprint density at radius 1 is 0.643 bits per heavy atom. The Hall–Kier alpha value is -1.56. The second kappa shape index (κ2) is 2.98. The first-order valence-corrected chi connectivity index (χ1v) is 5.07. The van der Waals surface area contributed by atoms with E-state index in [9.17, 15) is 0 Å². The fourth-order valence-corrected chi connectivity index (χ4v) is 2.33. The molecule has 0 spiro atoms. The maximum Gasteiger partial charge on any atom is 0.0125 e. The molecule has 0 saturated heterocycles. The highest BCUT2D eigenvalue weighted by Gasteiger charge is 2.26. The molecule has 0 aromatic carbocycles. The summed E-state index contributed by atoms with van der Waals surface area (Å²) >= 11 is 0. The summed E-state index contributed by atoms with van der Waals surface area (Å²) in [6.45, 7) is 0. The van der Waals surface area contributed by atoms with Crippen LogP contribution in [0.3, 0.4) is 0 Å². The molecule has 1 unspecified atom stereocenters. The zero-order chi connectivity index (χ0) is 9.38. The predicted molar refractivity (Wildman–Crippen MR) is 59.7 cm³/mol. The molecular formula is C14H12. The topological polar surface area (TPSA) is 0 Å². The number of hydrogen-bond donors (Lipinski definition) is 0. The molecule has 3 rings (SSSR count). The minimum absolute atomic E-state index is 0.557. The van der Waals surface area contributed by atoms with Crippen molar-refractivity contribution in [1.29, 1.82) is 0 Å². The number of hydrogen-bond acceptors (Lipinski definition) is 0. The molecule has 0 aromatic rings. The monoisotopic (exact) mass is 180 g/mol. The van der Waals surface area contributed by atoms with E-state index in [-0.39, 0.29) is 0 Å². The fourth-order valence-electron chi connectivity index (χ4n) is 2.33. The van der Waals surface area contributed by atoms with Crippen LogP contribution < -0.4 is 0 Å². The molecule has 2 atom stereocenters. The molecule has 0 heteroatoms. The van der Waals surface area contributed by atoms with Crippen LogP contribution >= 0.6 is 0 Å². The van der Waals surface area contributed by atoms with E-state index in [1.54, 1.807) is 0 Å². The summed E-state index contributed by atoms with van der Waals surface area (Å²) in [5, 5.41) is 0. The Labute approximate surface area is 84.3 Å². The van der Waals surface area contributed by atoms with Crippen molar-refractivity contribution < 1.29 is 0 Å². The molecule has 0 amide bonds. The minimum atomic E-state index is 0.557. The van der Waals surface area contributed by atoms with Crippen molar-refractivity contribution in [2.75, 3.05) is 0 Å². The Bertz CT molecular complexity index is 383. The average Bonchev–Trinajstić information content (AvgIpc) is 2.29. The quantitative estimate of drug-likeness (QED) is 0.536. The summed E-state index contributed by atoms with van der Waals surface area (Å²) in [6, 6.07) is 0. The molecule has 14 heavy (non-hydrogen) atoms. The van der Waals surface area contributed by atoms with E-state index >= 15 is 0 Å². The van der Waals surface area contributed by atoms with Gasteiger partial charge < -0.3 is 0 Å². The Morgan fingerprint density at radius 3 is 1.64 bits per heavy atom. The van der Waals surface area contributed by atoms with Crippen molar-refractivity contribution in [3.8, 4) is 0 Å². The average molecular weight is 180 g/mol. The van der Waals surface area contributed by atoms with Gasteiger partial charge in [0.2, 0.25) is 0 Å². The summed E-state index contributed by atoms with van der Waals surface area (Å²) in [4.78, 5) is 0. The van der Waals surface area contributed by atoms with Crippen LogP contribution in [0.4, 0.5) is 0 Å². The largest absolute Gasteiger partial charge is 0.0761 e. The van der Waals surface area contributed by atoms with Crippen LogP contribution in [0, 0.1) is 11.8 Å². The van der Waals surface area contributed by atoms with E-state index in [0.29, 0.717) is 11.8 Å². The molecule has 0 aromatic heterocycles. The molecule has 0 bridgehead atoms. The SMILES string of the molecule is C1=CC2=CC=C3C=CC=C[C@H]3C2C=C1. The predicted octanol–water partition coefficient (Wildman–Crippen LogP) is 3.34. The van der Waals surface area contributed by atoms with Crippen LogP contribution in [-0.4, -0.2) is 0 Å². The lowest BCUT2D eigenvalue weighted by Crippen LogP contribution is -2.19. The Morgan fingerprint density at radius 2 is 1.14 bits per heavy atom. The summed E-state index contributed by atoms with van der Waals surface area (Å²) in [6.07, 6.45) is 22.0. The fraction of sp³-hybridized carbons (Fsp3) is 0.143. The summed E-state index contributed by atoms with van der Waals surface area (Å²) < 4.78 is 0. The van der Waals surface area contributed by atoms with Crippen LogP contribution in [0.1, 0.15) is 0 Å². The van der Waals surface area contributed by atoms with Crippen molar-refractivity contribution in [1.82, 2.24) is 0 Å². The maximum atomic E-state index is 2.30. The van der Waals surface area contributed by atoms with Gasteiger partial charge in [-0.2, -0.15) is 0 Å². The summed E-state index contributed by atoms with van der Waals surface area (Å²) in [5.74, 6) is 1.11. The Balaban J connectivity index is 2.08. The zero-order valence-corrected chi connectivity index (χ0v) is 7.93. The van der Waals surface area contributed by atoms with Gasteiger partial charge in [-0.3, -0.25) is 0 Å². The lowest BCUT2D eigenvalue weighted by Gasteiger charge is -2.30. The van der Waals surface area contributed by atoms with Crippen molar-refractivity contribution in [2.45, 2.75) is 0 Å². The van der Waals surface area contributed by atoms with Crippen LogP contribution in [0.2, 0.25) is 0 Å². The highest BCUT2D eigenvalue weighted by Crippen LogP contribution is 2.37. The van der Waals surface area contributed by atoms with E-state index in [0.717, 1.165) is 0 Å². The van der Waals surface area contributed by atoms with Crippen LogP contribution in [0.15, 0.2) is 71.9 Å². The van der Waals surface area contributed by atoms with Crippen molar-refractivity contribution >= 4 is 0 Å². The third kappa shape index (κ3) is 1.07. The number of fused-ring (bicyclic) bond motifs is 3. The lowest BCUT2D eigenvalue weighted by molar-refractivity contribution is 0.615. The number of allylic oxidation sites excluding steroid dienone is 12. The van der Waals surface area contributed by atoms with Crippen molar-refractivity contribution in [3.05, 3.63) is 71.9 Å². The molecule has 0 aliphatic heterocycles. The standard InChI is InChI=1S/C14H12/c1-3-7-13-11(5-1)9-10-12-6-2-4-8-14(12)13/h1-10,13-14H/t13-,14?/m1/s1. The second-order valence-electron chi connectivity index (χ2n) is 3.87. The highest BCUT2D eigenvalue weighted by atomic mass is 14.3. The van der Waals surface area contributed by atoms with Gasteiger partial charge in [-0.15, -0.1) is 0 Å². The van der Waals surface area contributed by atoms with Gasteiger partial charge >= 0.3 is 0 Å². The van der Waals surface area contributed by atoms with E-state index in [4.69, 9.17) is 0 Å². The van der Waals surface area contributed by atoms with Gasteiger partial charge in [0.25, 0.3) is 0 Å². The van der Waals surface area contributed by atoms with E-state index in [1.165, 1.54) is 11.1 Å². The van der Waals surface area contributed by atoms with Crippen LogP contribution in [0.5, 0.6) is 0 Å². The smallest absolute Gasteiger partial charge is 0.0125 e. The van der Waals surface area contributed by atoms with Gasteiger partial charge in [0.1, 0.15) is 0 Å². The molecule has 0 N–H and O–H groups in total. The van der Waals surface area contributed by atoms with Gasteiger partial charge in [0.05, 0.1) is 0 Å². The van der Waals surface area contributed by atoms with Crippen molar-refractivity contribution in [2.24, 2.45) is 11.8 Å². The molecule has 0 heterocycles. The first-order chi connectivity index (χ1) is 6.95.